The standard InChI is InChI=1S/C15H25NO/c1-4-5-6-11-17-12-15(16-3)14-9-7-13(2)8-10-14/h7-10,15-16H,4-6,11-12H2,1-3H3. The van der Waals surface area contributed by atoms with Gasteiger partial charge in [0.1, 0.15) is 0 Å². The second-order valence-electron chi connectivity index (χ2n) is 4.53. The van der Waals surface area contributed by atoms with Crippen molar-refractivity contribution in [3.63, 3.8) is 0 Å². The predicted octanol–water partition coefficient (Wildman–Crippen LogP) is 3.46. The Morgan fingerprint density at radius 1 is 1.18 bits per heavy atom. The summed E-state index contributed by atoms with van der Waals surface area (Å²) in [5.74, 6) is 0. The average Bonchev–Trinajstić information content (AvgIpc) is 2.35. The molecular formula is C15H25NO. The summed E-state index contributed by atoms with van der Waals surface area (Å²) in [6, 6.07) is 8.95. The Morgan fingerprint density at radius 2 is 1.88 bits per heavy atom. The van der Waals surface area contributed by atoms with Crippen LogP contribution in [-0.4, -0.2) is 20.3 Å². The molecule has 0 saturated carbocycles. The molecule has 0 fully saturated rings. The Hall–Kier alpha value is -0.860. The van der Waals surface area contributed by atoms with E-state index in [1.807, 2.05) is 7.05 Å². The Bertz CT molecular complexity index is 294. The van der Waals surface area contributed by atoms with Crippen LogP contribution in [0.5, 0.6) is 0 Å². The largest absolute Gasteiger partial charge is 0.379 e. The molecule has 0 amide bonds. The van der Waals surface area contributed by atoms with Crippen LogP contribution in [0.15, 0.2) is 24.3 Å². The normalized spacial score (nSPS) is 12.6. The average molecular weight is 235 g/mol. The first-order valence-corrected chi connectivity index (χ1v) is 6.59. The van der Waals surface area contributed by atoms with Crippen LogP contribution in [0, 0.1) is 6.92 Å². The van der Waals surface area contributed by atoms with Gasteiger partial charge in [0.25, 0.3) is 0 Å². The molecule has 0 saturated heterocycles. The number of benzene rings is 1. The quantitative estimate of drug-likeness (QED) is 0.697. The Labute approximate surface area is 105 Å². The molecule has 96 valence electrons. The van der Waals surface area contributed by atoms with Crippen molar-refractivity contribution in [3.05, 3.63) is 35.4 Å². The minimum Gasteiger partial charge on any atom is -0.379 e. The predicted molar refractivity (Wildman–Crippen MR) is 73.3 cm³/mol. The van der Waals surface area contributed by atoms with Crippen molar-refractivity contribution in [3.8, 4) is 0 Å². The summed E-state index contributed by atoms with van der Waals surface area (Å²) in [6.45, 7) is 5.95. The molecule has 2 nitrogen and oxygen atoms in total. The Morgan fingerprint density at radius 3 is 2.47 bits per heavy atom. The highest BCUT2D eigenvalue weighted by molar-refractivity contribution is 5.24. The third kappa shape index (κ3) is 5.33. The van der Waals surface area contributed by atoms with E-state index in [1.165, 1.54) is 30.4 Å². The lowest BCUT2D eigenvalue weighted by atomic mass is 10.1. The third-order valence-electron chi connectivity index (χ3n) is 3.00. The van der Waals surface area contributed by atoms with E-state index in [1.54, 1.807) is 0 Å². The monoisotopic (exact) mass is 235 g/mol. The molecule has 0 aliphatic heterocycles. The van der Waals surface area contributed by atoms with Crippen molar-refractivity contribution < 1.29 is 4.74 Å². The van der Waals surface area contributed by atoms with Gasteiger partial charge in [0.05, 0.1) is 12.6 Å². The lowest BCUT2D eigenvalue weighted by molar-refractivity contribution is 0.110. The number of hydrogen-bond acceptors (Lipinski definition) is 2. The highest BCUT2D eigenvalue weighted by Gasteiger charge is 2.08. The van der Waals surface area contributed by atoms with E-state index >= 15 is 0 Å². The molecule has 1 atom stereocenters. The van der Waals surface area contributed by atoms with Gasteiger partial charge >= 0.3 is 0 Å². The lowest BCUT2D eigenvalue weighted by Gasteiger charge is -2.17. The molecule has 1 aromatic rings. The zero-order valence-electron chi connectivity index (χ0n) is 11.3. The summed E-state index contributed by atoms with van der Waals surface area (Å²) in [5.41, 5.74) is 2.60. The molecule has 1 aromatic carbocycles. The highest BCUT2D eigenvalue weighted by Crippen LogP contribution is 2.14. The van der Waals surface area contributed by atoms with Crippen LogP contribution in [0.25, 0.3) is 0 Å². The van der Waals surface area contributed by atoms with Gasteiger partial charge in [0.2, 0.25) is 0 Å². The third-order valence-corrected chi connectivity index (χ3v) is 3.00. The molecule has 0 aromatic heterocycles. The second kappa shape index (κ2) is 8.26. The first-order valence-electron chi connectivity index (χ1n) is 6.59. The van der Waals surface area contributed by atoms with Gasteiger partial charge in [0.15, 0.2) is 0 Å². The van der Waals surface area contributed by atoms with Crippen molar-refractivity contribution >= 4 is 0 Å². The number of ether oxygens (including phenoxy) is 1. The number of rotatable bonds is 8. The maximum atomic E-state index is 5.71. The van der Waals surface area contributed by atoms with E-state index in [9.17, 15) is 0 Å². The summed E-state index contributed by atoms with van der Waals surface area (Å²) in [5, 5.41) is 3.30. The number of unbranched alkanes of at least 4 members (excludes halogenated alkanes) is 2. The lowest BCUT2D eigenvalue weighted by Crippen LogP contribution is -2.22. The van der Waals surface area contributed by atoms with Crippen LogP contribution in [0.4, 0.5) is 0 Å². The van der Waals surface area contributed by atoms with E-state index in [0.717, 1.165) is 13.2 Å². The van der Waals surface area contributed by atoms with E-state index in [-0.39, 0.29) is 0 Å². The van der Waals surface area contributed by atoms with Gasteiger partial charge in [-0.25, -0.2) is 0 Å². The summed E-state index contributed by atoms with van der Waals surface area (Å²) in [7, 11) is 1.99. The molecule has 1 rings (SSSR count). The van der Waals surface area contributed by atoms with Gasteiger partial charge in [0, 0.05) is 6.61 Å². The fourth-order valence-corrected chi connectivity index (χ4v) is 1.80. The van der Waals surface area contributed by atoms with Crippen LogP contribution in [0.3, 0.4) is 0 Å². The second-order valence-corrected chi connectivity index (χ2v) is 4.53. The van der Waals surface area contributed by atoms with Crippen LogP contribution in [0.1, 0.15) is 43.4 Å². The molecule has 0 heterocycles. The SMILES string of the molecule is CCCCCOCC(NC)c1ccc(C)cc1. The van der Waals surface area contributed by atoms with Gasteiger partial charge in [-0.15, -0.1) is 0 Å². The van der Waals surface area contributed by atoms with Crippen LogP contribution < -0.4 is 5.32 Å². The van der Waals surface area contributed by atoms with E-state index in [4.69, 9.17) is 4.74 Å². The van der Waals surface area contributed by atoms with E-state index in [2.05, 4.69) is 43.4 Å². The maximum Gasteiger partial charge on any atom is 0.0661 e. The van der Waals surface area contributed by atoms with Crippen LogP contribution in [0.2, 0.25) is 0 Å². The molecule has 1 unspecified atom stereocenters. The summed E-state index contributed by atoms with van der Waals surface area (Å²) in [6.07, 6.45) is 3.67. The van der Waals surface area contributed by atoms with Crippen molar-refractivity contribution in [2.45, 2.75) is 39.2 Å². The minimum absolute atomic E-state index is 0.303. The maximum absolute atomic E-state index is 5.71. The van der Waals surface area contributed by atoms with Gasteiger partial charge < -0.3 is 10.1 Å². The van der Waals surface area contributed by atoms with Gasteiger partial charge in [-0.2, -0.15) is 0 Å². The first kappa shape index (κ1) is 14.2. The van der Waals surface area contributed by atoms with Gasteiger partial charge in [-0.05, 0) is 26.0 Å². The van der Waals surface area contributed by atoms with Crippen LogP contribution >= 0.6 is 0 Å². The molecule has 0 radical (unpaired) electrons. The molecule has 2 heteroatoms. The van der Waals surface area contributed by atoms with E-state index in [0.29, 0.717) is 6.04 Å². The number of likely N-dealkylation sites (N-methyl/N-ethyl adjacent to an activating group) is 1. The summed E-state index contributed by atoms with van der Waals surface area (Å²) < 4.78 is 5.71. The first-order chi connectivity index (χ1) is 8.27. The van der Waals surface area contributed by atoms with Crippen molar-refractivity contribution in [2.24, 2.45) is 0 Å². The highest BCUT2D eigenvalue weighted by atomic mass is 16.5. The molecule has 17 heavy (non-hydrogen) atoms. The van der Waals surface area contributed by atoms with Crippen molar-refractivity contribution in [2.75, 3.05) is 20.3 Å². The summed E-state index contributed by atoms with van der Waals surface area (Å²) >= 11 is 0. The number of hydrogen-bond donors (Lipinski definition) is 1. The van der Waals surface area contributed by atoms with Crippen molar-refractivity contribution in [1.82, 2.24) is 5.32 Å². The topological polar surface area (TPSA) is 21.3 Å². The van der Waals surface area contributed by atoms with Gasteiger partial charge in [-0.3, -0.25) is 0 Å². The molecular weight excluding hydrogens is 210 g/mol. The number of aryl methyl sites for hydroxylation is 1. The zero-order chi connectivity index (χ0) is 12.5. The number of nitrogens with one attached hydrogen (secondary N) is 1. The smallest absolute Gasteiger partial charge is 0.0661 e. The van der Waals surface area contributed by atoms with Gasteiger partial charge in [-0.1, -0.05) is 49.6 Å². The summed E-state index contributed by atoms with van der Waals surface area (Å²) in [4.78, 5) is 0. The molecule has 0 bridgehead atoms. The fraction of sp³-hybridized carbons (Fsp3) is 0.600. The Kier molecular flexibility index (Phi) is 6.90. The molecule has 0 aliphatic carbocycles. The minimum atomic E-state index is 0.303. The molecule has 0 aliphatic rings. The molecule has 0 spiro atoms. The fourth-order valence-electron chi connectivity index (χ4n) is 1.80. The van der Waals surface area contributed by atoms with Crippen molar-refractivity contribution in [1.29, 1.82) is 0 Å². The molecule has 1 N–H and O–H groups in total. The Balaban J connectivity index is 2.35. The zero-order valence-corrected chi connectivity index (χ0v) is 11.3. The van der Waals surface area contributed by atoms with E-state index < -0.39 is 0 Å². The van der Waals surface area contributed by atoms with Crippen LogP contribution in [-0.2, 0) is 4.74 Å².